The Morgan fingerprint density at radius 1 is 1.07 bits per heavy atom. The highest BCUT2D eigenvalue weighted by Gasteiger charge is 2.20. The van der Waals surface area contributed by atoms with E-state index >= 15 is 0 Å². The number of nitrogens with one attached hydrogen (secondary N) is 1. The molecule has 0 aliphatic heterocycles. The average Bonchev–Trinajstić information content (AvgIpc) is 2.66. The van der Waals surface area contributed by atoms with Crippen LogP contribution in [0.4, 0.5) is 5.69 Å². The van der Waals surface area contributed by atoms with Gasteiger partial charge < -0.3 is 5.32 Å². The molecule has 0 saturated heterocycles. The monoisotopic (exact) mass is 422 g/mol. The van der Waals surface area contributed by atoms with Crippen LogP contribution in [0.2, 0.25) is 0 Å². The van der Waals surface area contributed by atoms with Gasteiger partial charge in [-0.05, 0) is 66.4 Å². The minimum atomic E-state index is -0.157. The molecule has 138 valence electrons. The van der Waals surface area contributed by atoms with Gasteiger partial charge in [0.15, 0.2) is 0 Å². The number of halogens is 1. The maximum Gasteiger partial charge on any atom is 0.231 e. The molecular formula is C23H23BrN2O. The number of amides is 1. The molecule has 0 saturated carbocycles. The van der Waals surface area contributed by atoms with Gasteiger partial charge in [0.1, 0.15) is 0 Å². The lowest BCUT2D eigenvalue weighted by atomic mass is 9.93. The summed E-state index contributed by atoms with van der Waals surface area (Å²) in [5.41, 5.74) is 5.06. The number of benzene rings is 2. The van der Waals surface area contributed by atoms with Crippen LogP contribution in [-0.4, -0.2) is 10.9 Å². The Kier molecular flexibility index (Phi) is 6.40. The lowest BCUT2D eigenvalue weighted by Crippen LogP contribution is -2.21. The van der Waals surface area contributed by atoms with E-state index in [1.165, 1.54) is 0 Å². The van der Waals surface area contributed by atoms with E-state index in [0.29, 0.717) is 0 Å². The topological polar surface area (TPSA) is 42.0 Å². The zero-order chi connectivity index (χ0) is 19.2. The maximum absolute atomic E-state index is 12.9. The van der Waals surface area contributed by atoms with Crippen LogP contribution in [0.15, 0.2) is 71.3 Å². The number of rotatable bonds is 6. The van der Waals surface area contributed by atoms with Crippen molar-refractivity contribution in [3.63, 3.8) is 0 Å². The number of aromatic nitrogens is 1. The maximum atomic E-state index is 12.9. The van der Waals surface area contributed by atoms with Crippen LogP contribution in [0.1, 0.15) is 36.9 Å². The van der Waals surface area contributed by atoms with Gasteiger partial charge in [0.25, 0.3) is 0 Å². The molecule has 0 unspecified atom stereocenters. The first-order valence-corrected chi connectivity index (χ1v) is 9.95. The van der Waals surface area contributed by atoms with E-state index in [0.717, 1.165) is 45.4 Å². The molecule has 0 radical (unpaired) electrons. The van der Waals surface area contributed by atoms with Gasteiger partial charge in [-0.2, -0.15) is 0 Å². The Balaban J connectivity index is 1.76. The van der Waals surface area contributed by atoms with Crippen LogP contribution < -0.4 is 5.32 Å². The molecule has 0 aliphatic rings. The third-order valence-electron chi connectivity index (χ3n) is 4.53. The molecule has 27 heavy (non-hydrogen) atoms. The molecule has 3 aromatic rings. The third kappa shape index (κ3) is 5.04. The number of carbonyl (C=O) groups excluding carboxylic acids is 1. The van der Waals surface area contributed by atoms with E-state index in [-0.39, 0.29) is 11.8 Å². The first kappa shape index (κ1) is 19.3. The second kappa shape index (κ2) is 8.96. The molecule has 2 aromatic carbocycles. The Labute approximate surface area is 169 Å². The van der Waals surface area contributed by atoms with Gasteiger partial charge in [0.05, 0.1) is 5.92 Å². The van der Waals surface area contributed by atoms with Crippen LogP contribution in [-0.2, 0) is 4.79 Å². The minimum absolute atomic E-state index is 0.0301. The van der Waals surface area contributed by atoms with Crippen molar-refractivity contribution in [3.05, 3.63) is 82.6 Å². The Morgan fingerprint density at radius 3 is 2.52 bits per heavy atom. The fraction of sp³-hybridized carbons (Fsp3) is 0.217. The summed E-state index contributed by atoms with van der Waals surface area (Å²) < 4.78 is 0.992. The van der Waals surface area contributed by atoms with Gasteiger partial charge in [-0.15, -0.1) is 0 Å². The van der Waals surface area contributed by atoms with Crippen LogP contribution in [0, 0.1) is 6.92 Å². The number of hydrogen-bond donors (Lipinski definition) is 1. The zero-order valence-corrected chi connectivity index (χ0v) is 17.2. The summed E-state index contributed by atoms with van der Waals surface area (Å²) in [4.78, 5) is 17.1. The number of nitrogens with zero attached hydrogens (tertiary/aromatic N) is 1. The van der Waals surface area contributed by atoms with E-state index in [9.17, 15) is 4.79 Å². The fourth-order valence-electron chi connectivity index (χ4n) is 3.16. The molecule has 0 bridgehead atoms. The van der Waals surface area contributed by atoms with Crippen LogP contribution in [0.3, 0.4) is 0 Å². The van der Waals surface area contributed by atoms with Gasteiger partial charge in [0, 0.05) is 22.1 Å². The van der Waals surface area contributed by atoms with E-state index in [4.69, 9.17) is 0 Å². The van der Waals surface area contributed by atoms with Crippen molar-refractivity contribution in [1.82, 2.24) is 4.98 Å². The zero-order valence-electron chi connectivity index (χ0n) is 15.6. The third-order valence-corrected chi connectivity index (χ3v) is 5.02. The molecule has 0 spiro atoms. The van der Waals surface area contributed by atoms with Gasteiger partial charge in [-0.3, -0.25) is 9.78 Å². The SMILES string of the molecule is CCC[C@H](C(=O)Nc1ccc(-c2ccnc(C)c2)cc1)c1cccc(Br)c1. The van der Waals surface area contributed by atoms with Crippen molar-refractivity contribution in [3.8, 4) is 11.1 Å². The van der Waals surface area contributed by atoms with E-state index in [2.05, 4.69) is 39.2 Å². The molecule has 1 aromatic heterocycles. The van der Waals surface area contributed by atoms with Crippen molar-refractivity contribution >= 4 is 27.5 Å². The lowest BCUT2D eigenvalue weighted by Gasteiger charge is -2.17. The standard InChI is InChI=1S/C23H23BrN2O/c1-3-5-22(19-6-4-7-20(24)15-19)23(27)26-21-10-8-17(9-11-21)18-12-13-25-16(2)14-18/h4,6-15,22H,3,5H2,1-2H3,(H,26,27)/t22-/m0/s1. The molecule has 0 aliphatic carbocycles. The lowest BCUT2D eigenvalue weighted by molar-refractivity contribution is -0.117. The molecule has 0 fully saturated rings. The van der Waals surface area contributed by atoms with Gasteiger partial charge in [-0.1, -0.05) is 53.5 Å². The predicted octanol–water partition coefficient (Wildman–Crippen LogP) is 6.34. The van der Waals surface area contributed by atoms with E-state index in [1.54, 1.807) is 0 Å². The molecule has 1 atom stereocenters. The number of aryl methyl sites for hydroxylation is 1. The Bertz CT molecular complexity index is 922. The van der Waals surface area contributed by atoms with Crippen molar-refractivity contribution < 1.29 is 4.79 Å². The molecule has 1 amide bonds. The molecule has 1 N–H and O–H groups in total. The summed E-state index contributed by atoms with van der Waals surface area (Å²) in [5, 5.41) is 3.07. The van der Waals surface area contributed by atoms with Crippen molar-refractivity contribution in [1.29, 1.82) is 0 Å². The normalized spacial score (nSPS) is 11.8. The number of hydrogen-bond acceptors (Lipinski definition) is 2. The highest BCUT2D eigenvalue weighted by atomic mass is 79.9. The van der Waals surface area contributed by atoms with Gasteiger partial charge >= 0.3 is 0 Å². The number of pyridine rings is 1. The smallest absolute Gasteiger partial charge is 0.231 e. The fourth-order valence-corrected chi connectivity index (χ4v) is 3.58. The number of carbonyl (C=O) groups is 1. The predicted molar refractivity (Wildman–Crippen MR) is 115 cm³/mol. The van der Waals surface area contributed by atoms with Crippen molar-refractivity contribution in [2.45, 2.75) is 32.6 Å². The average molecular weight is 423 g/mol. The van der Waals surface area contributed by atoms with Crippen LogP contribution >= 0.6 is 15.9 Å². The first-order valence-electron chi connectivity index (χ1n) is 9.16. The Hall–Kier alpha value is -2.46. The summed E-state index contributed by atoms with van der Waals surface area (Å²) in [6.45, 7) is 4.08. The summed E-state index contributed by atoms with van der Waals surface area (Å²) >= 11 is 3.50. The first-order chi connectivity index (χ1) is 13.1. The minimum Gasteiger partial charge on any atom is -0.326 e. The number of anilines is 1. The van der Waals surface area contributed by atoms with E-state index < -0.39 is 0 Å². The van der Waals surface area contributed by atoms with Crippen molar-refractivity contribution in [2.75, 3.05) is 5.32 Å². The molecule has 1 heterocycles. The summed E-state index contributed by atoms with van der Waals surface area (Å²) in [5.74, 6) is -0.127. The quantitative estimate of drug-likeness (QED) is 0.503. The van der Waals surface area contributed by atoms with Gasteiger partial charge in [-0.25, -0.2) is 0 Å². The molecule has 3 rings (SSSR count). The largest absolute Gasteiger partial charge is 0.326 e. The highest BCUT2D eigenvalue weighted by molar-refractivity contribution is 9.10. The second-order valence-electron chi connectivity index (χ2n) is 6.65. The Morgan fingerprint density at radius 2 is 1.85 bits per heavy atom. The molecule has 4 heteroatoms. The van der Waals surface area contributed by atoms with Crippen LogP contribution in [0.25, 0.3) is 11.1 Å². The second-order valence-corrected chi connectivity index (χ2v) is 7.56. The summed E-state index contributed by atoms with van der Waals surface area (Å²) in [7, 11) is 0. The summed E-state index contributed by atoms with van der Waals surface area (Å²) in [6.07, 6.45) is 3.58. The van der Waals surface area contributed by atoms with Crippen molar-refractivity contribution in [2.24, 2.45) is 0 Å². The highest BCUT2D eigenvalue weighted by Crippen LogP contribution is 2.27. The molecular weight excluding hydrogens is 400 g/mol. The van der Waals surface area contributed by atoms with Gasteiger partial charge in [0.2, 0.25) is 5.91 Å². The molecule has 3 nitrogen and oxygen atoms in total. The summed E-state index contributed by atoms with van der Waals surface area (Å²) in [6, 6.07) is 20.0. The van der Waals surface area contributed by atoms with Crippen LogP contribution in [0.5, 0.6) is 0 Å². The van der Waals surface area contributed by atoms with E-state index in [1.807, 2.05) is 67.7 Å².